The second kappa shape index (κ2) is 5.70. The molecule has 0 aliphatic heterocycles. The maximum absolute atomic E-state index is 11.6. The van der Waals surface area contributed by atoms with Crippen molar-refractivity contribution in [2.24, 2.45) is 5.41 Å². The van der Waals surface area contributed by atoms with E-state index in [1.807, 2.05) is 12.3 Å². The van der Waals surface area contributed by atoms with Crippen molar-refractivity contribution in [3.8, 4) is 10.8 Å². The van der Waals surface area contributed by atoms with Gasteiger partial charge in [0.05, 0.1) is 18.2 Å². The van der Waals surface area contributed by atoms with E-state index in [-0.39, 0.29) is 5.97 Å². The van der Waals surface area contributed by atoms with Gasteiger partial charge in [-0.1, -0.05) is 12.1 Å². The third-order valence-corrected chi connectivity index (χ3v) is 3.79. The molecule has 0 saturated heterocycles. The molecule has 2 heterocycles. The summed E-state index contributed by atoms with van der Waals surface area (Å²) in [7, 11) is 1.37. The van der Waals surface area contributed by atoms with Gasteiger partial charge in [0.1, 0.15) is 0 Å². The first-order valence-corrected chi connectivity index (χ1v) is 7.20. The molecule has 0 amide bonds. The molecular formula is C13H17N3O3S. The minimum atomic E-state index is -0.698. The van der Waals surface area contributed by atoms with Gasteiger partial charge in [-0.3, -0.25) is 4.79 Å². The Morgan fingerprint density at radius 2 is 2.20 bits per heavy atom. The average Bonchev–Trinajstić information content (AvgIpc) is 3.05. The molecule has 0 aromatic carbocycles. The zero-order valence-corrected chi connectivity index (χ0v) is 12.8. The van der Waals surface area contributed by atoms with Crippen molar-refractivity contribution in [1.82, 2.24) is 15.1 Å². The van der Waals surface area contributed by atoms with E-state index >= 15 is 0 Å². The van der Waals surface area contributed by atoms with Crippen molar-refractivity contribution in [2.75, 3.05) is 7.11 Å². The van der Waals surface area contributed by atoms with Crippen LogP contribution in [0.3, 0.4) is 0 Å². The fourth-order valence-corrected chi connectivity index (χ4v) is 2.54. The molecule has 6 nitrogen and oxygen atoms in total. The van der Waals surface area contributed by atoms with Crippen LogP contribution in [-0.4, -0.2) is 28.2 Å². The molecule has 20 heavy (non-hydrogen) atoms. The molecule has 0 radical (unpaired) electrons. The predicted molar refractivity (Wildman–Crippen MR) is 74.3 cm³/mol. The van der Waals surface area contributed by atoms with Gasteiger partial charge in [0.25, 0.3) is 0 Å². The van der Waals surface area contributed by atoms with Gasteiger partial charge in [-0.2, -0.15) is 4.98 Å². The van der Waals surface area contributed by atoms with Crippen LogP contribution in [0.25, 0.3) is 10.8 Å². The van der Waals surface area contributed by atoms with Gasteiger partial charge in [-0.05, 0) is 20.3 Å². The molecule has 0 bridgehead atoms. The molecule has 0 aliphatic carbocycles. The third-order valence-electron chi connectivity index (χ3n) is 2.90. The zero-order chi connectivity index (χ0) is 14.8. The van der Waals surface area contributed by atoms with Crippen molar-refractivity contribution in [3.63, 3.8) is 0 Å². The van der Waals surface area contributed by atoms with Crippen molar-refractivity contribution < 1.29 is 14.1 Å². The number of thiazole rings is 1. The molecule has 0 spiro atoms. The molecule has 0 saturated carbocycles. The molecule has 2 aromatic heterocycles. The van der Waals surface area contributed by atoms with Gasteiger partial charge in [0, 0.05) is 11.8 Å². The Kier molecular flexibility index (Phi) is 4.17. The van der Waals surface area contributed by atoms with Gasteiger partial charge in [-0.25, -0.2) is 4.98 Å². The van der Waals surface area contributed by atoms with Crippen molar-refractivity contribution in [2.45, 2.75) is 33.6 Å². The number of hydrogen-bond acceptors (Lipinski definition) is 7. The number of carbonyl (C=O) groups excluding carboxylic acids is 1. The third kappa shape index (κ3) is 3.04. The lowest BCUT2D eigenvalue weighted by Gasteiger charge is -2.18. The SMILES string of the molecule is CCc1csc(-c2noc(CC(C)(C)C(=O)OC)n2)n1. The number of carbonyl (C=O) groups is 1. The van der Waals surface area contributed by atoms with Crippen LogP contribution >= 0.6 is 11.3 Å². The summed E-state index contributed by atoms with van der Waals surface area (Å²) in [5.41, 5.74) is 0.307. The van der Waals surface area contributed by atoms with Gasteiger partial charge >= 0.3 is 5.97 Å². The van der Waals surface area contributed by atoms with E-state index in [1.54, 1.807) is 13.8 Å². The topological polar surface area (TPSA) is 78.1 Å². The molecule has 2 aromatic rings. The van der Waals surface area contributed by atoms with E-state index in [1.165, 1.54) is 18.4 Å². The van der Waals surface area contributed by atoms with Gasteiger partial charge in [0.2, 0.25) is 11.7 Å². The summed E-state index contributed by atoms with van der Waals surface area (Å²) in [6.45, 7) is 5.60. The summed E-state index contributed by atoms with van der Waals surface area (Å²) in [4.78, 5) is 20.3. The van der Waals surface area contributed by atoms with Crippen LogP contribution in [0, 0.1) is 5.41 Å². The average molecular weight is 295 g/mol. The highest BCUT2D eigenvalue weighted by Crippen LogP contribution is 2.25. The number of nitrogens with zero attached hydrogens (tertiary/aromatic N) is 3. The first-order chi connectivity index (χ1) is 9.46. The van der Waals surface area contributed by atoms with E-state index in [2.05, 4.69) is 15.1 Å². The minimum absolute atomic E-state index is 0.306. The number of ether oxygens (including phenoxy) is 1. The summed E-state index contributed by atoms with van der Waals surface area (Å²) >= 11 is 1.48. The van der Waals surface area contributed by atoms with Crippen LogP contribution in [0.1, 0.15) is 32.4 Å². The van der Waals surface area contributed by atoms with Crippen LogP contribution in [0.2, 0.25) is 0 Å². The standard InChI is InChI=1S/C13H17N3O3S/c1-5-8-7-20-11(14-8)10-15-9(19-16-10)6-13(2,3)12(17)18-4/h7H,5-6H2,1-4H3. The minimum Gasteiger partial charge on any atom is -0.469 e. The van der Waals surface area contributed by atoms with Crippen molar-refractivity contribution in [1.29, 1.82) is 0 Å². The van der Waals surface area contributed by atoms with Crippen molar-refractivity contribution in [3.05, 3.63) is 17.0 Å². The van der Waals surface area contributed by atoms with E-state index < -0.39 is 5.41 Å². The fraction of sp³-hybridized carbons (Fsp3) is 0.538. The molecular weight excluding hydrogens is 278 g/mol. The van der Waals surface area contributed by atoms with Gasteiger partial charge in [0.15, 0.2) is 5.01 Å². The smallest absolute Gasteiger partial charge is 0.311 e. The number of aromatic nitrogens is 3. The molecule has 0 fully saturated rings. The Bertz CT molecular complexity index is 604. The van der Waals surface area contributed by atoms with Gasteiger partial charge in [-0.15, -0.1) is 11.3 Å². The lowest BCUT2D eigenvalue weighted by molar-refractivity contribution is -0.150. The van der Waals surface area contributed by atoms with Crippen LogP contribution < -0.4 is 0 Å². The summed E-state index contributed by atoms with van der Waals surface area (Å²) < 4.78 is 9.95. The second-order valence-corrected chi connectivity index (χ2v) is 5.92. The Balaban J connectivity index is 2.15. The molecule has 0 unspecified atom stereocenters. The highest BCUT2D eigenvalue weighted by molar-refractivity contribution is 7.13. The number of rotatable bonds is 5. The number of methoxy groups -OCH3 is 1. The van der Waals surface area contributed by atoms with Crippen molar-refractivity contribution >= 4 is 17.3 Å². The van der Waals surface area contributed by atoms with E-state index in [0.717, 1.165) is 17.1 Å². The maximum atomic E-state index is 11.6. The summed E-state index contributed by atoms with van der Waals surface area (Å²) in [6, 6.07) is 0. The van der Waals surface area contributed by atoms with E-state index in [9.17, 15) is 4.79 Å². The highest BCUT2D eigenvalue weighted by atomic mass is 32.1. The Morgan fingerprint density at radius 1 is 1.45 bits per heavy atom. The van der Waals surface area contributed by atoms with Crippen LogP contribution in [0.4, 0.5) is 0 Å². The van der Waals surface area contributed by atoms with Crippen LogP contribution in [0.5, 0.6) is 0 Å². The monoisotopic (exact) mass is 295 g/mol. The molecule has 108 valence electrons. The number of esters is 1. The quantitative estimate of drug-likeness (QED) is 0.789. The summed E-state index contributed by atoms with van der Waals surface area (Å²) in [6.07, 6.45) is 1.20. The first kappa shape index (κ1) is 14.6. The van der Waals surface area contributed by atoms with E-state index in [4.69, 9.17) is 9.26 Å². The number of aryl methyl sites for hydroxylation is 1. The highest BCUT2D eigenvalue weighted by Gasteiger charge is 2.31. The summed E-state index contributed by atoms with van der Waals surface area (Å²) in [5.74, 6) is 0.564. The zero-order valence-electron chi connectivity index (χ0n) is 12.0. The Hall–Kier alpha value is -1.76. The normalized spacial score (nSPS) is 11.6. The second-order valence-electron chi connectivity index (χ2n) is 5.06. The molecule has 0 aliphatic rings. The fourth-order valence-electron chi connectivity index (χ4n) is 1.71. The molecule has 0 atom stereocenters. The van der Waals surface area contributed by atoms with Crippen LogP contribution in [0.15, 0.2) is 9.90 Å². The molecule has 0 N–H and O–H groups in total. The first-order valence-electron chi connectivity index (χ1n) is 6.32. The maximum Gasteiger partial charge on any atom is 0.311 e. The lowest BCUT2D eigenvalue weighted by atomic mass is 9.89. The molecule has 2 rings (SSSR count). The van der Waals surface area contributed by atoms with Crippen LogP contribution in [-0.2, 0) is 22.4 Å². The van der Waals surface area contributed by atoms with E-state index in [0.29, 0.717) is 18.1 Å². The Labute approximate surface area is 121 Å². The predicted octanol–water partition coefficient (Wildman–Crippen LogP) is 2.50. The largest absolute Gasteiger partial charge is 0.469 e. The Morgan fingerprint density at radius 3 is 2.80 bits per heavy atom. The summed E-state index contributed by atoms with van der Waals surface area (Å²) in [5, 5.41) is 6.62. The number of hydrogen-bond donors (Lipinski definition) is 0. The lowest BCUT2D eigenvalue weighted by Crippen LogP contribution is -2.28. The van der Waals surface area contributed by atoms with Gasteiger partial charge < -0.3 is 9.26 Å². The molecule has 7 heteroatoms.